The molecule has 1 aromatic rings. The number of thioether (sulfide) groups is 1. The third kappa shape index (κ3) is 4.10. The molecule has 1 heterocycles. The van der Waals surface area contributed by atoms with E-state index < -0.39 is 0 Å². The quantitative estimate of drug-likeness (QED) is 0.841. The highest BCUT2D eigenvalue weighted by molar-refractivity contribution is 9.10. The Kier molecular flexibility index (Phi) is 6.27. The molecule has 1 N–H and O–H groups in total. The van der Waals surface area contributed by atoms with E-state index in [2.05, 4.69) is 46.5 Å². The summed E-state index contributed by atoms with van der Waals surface area (Å²) >= 11 is 7.45. The van der Waals surface area contributed by atoms with Crippen molar-refractivity contribution in [3.8, 4) is 0 Å². The van der Waals surface area contributed by atoms with Crippen molar-refractivity contribution in [2.24, 2.45) is 0 Å². The van der Waals surface area contributed by atoms with Crippen LogP contribution in [-0.2, 0) is 0 Å². The van der Waals surface area contributed by atoms with Gasteiger partial charge in [-0.1, -0.05) is 13.8 Å². The van der Waals surface area contributed by atoms with Crippen LogP contribution in [0, 0.1) is 0 Å². The molecule has 0 fully saturated rings. The second kappa shape index (κ2) is 6.94. The molecule has 0 radical (unpaired) electrons. The standard InChI is InChI=1S/C11H18BrNS2/c1-4-8(2)15-7-10(13-3)11-9(12)5-6-14-11/h5-6,8,10,13H,4,7H2,1-3H3. The van der Waals surface area contributed by atoms with Crippen LogP contribution >= 0.6 is 39.0 Å². The Hall–Kier alpha value is 0.490. The molecule has 0 bridgehead atoms. The smallest absolute Gasteiger partial charge is 0.0515 e. The molecule has 0 saturated carbocycles. The first kappa shape index (κ1) is 13.6. The van der Waals surface area contributed by atoms with Crippen molar-refractivity contribution in [2.75, 3.05) is 12.8 Å². The van der Waals surface area contributed by atoms with Crippen LogP contribution in [0.25, 0.3) is 0 Å². The Morgan fingerprint density at radius 2 is 2.33 bits per heavy atom. The third-order valence-corrected chi connectivity index (χ3v) is 5.84. The van der Waals surface area contributed by atoms with Gasteiger partial charge < -0.3 is 5.32 Å². The zero-order valence-electron chi connectivity index (χ0n) is 9.42. The molecule has 4 heteroatoms. The summed E-state index contributed by atoms with van der Waals surface area (Å²) in [6.07, 6.45) is 1.24. The lowest BCUT2D eigenvalue weighted by Gasteiger charge is -2.17. The summed E-state index contributed by atoms with van der Waals surface area (Å²) in [7, 11) is 2.04. The van der Waals surface area contributed by atoms with Crippen molar-refractivity contribution < 1.29 is 0 Å². The average Bonchev–Trinajstić information content (AvgIpc) is 2.65. The fraction of sp³-hybridized carbons (Fsp3) is 0.636. The van der Waals surface area contributed by atoms with Crippen molar-refractivity contribution in [2.45, 2.75) is 31.6 Å². The van der Waals surface area contributed by atoms with E-state index in [0.29, 0.717) is 6.04 Å². The minimum Gasteiger partial charge on any atom is -0.312 e. The van der Waals surface area contributed by atoms with Crippen LogP contribution < -0.4 is 5.32 Å². The Balaban J connectivity index is 2.53. The number of rotatable bonds is 6. The van der Waals surface area contributed by atoms with Gasteiger partial charge in [-0.05, 0) is 40.8 Å². The maximum atomic E-state index is 3.59. The molecule has 0 aliphatic carbocycles. The first-order chi connectivity index (χ1) is 7.19. The molecule has 1 nitrogen and oxygen atoms in total. The van der Waals surface area contributed by atoms with E-state index in [0.717, 1.165) is 11.0 Å². The second-order valence-electron chi connectivity index (χ2n) is 3.53. The van der Waals surface area contributed by atoms with Gasteiger partial charge in [0.15, 0.2) is 0 Å². The SMILES string of the molecule is CCC(C)SCC(NC)c1sccc1Br. The predicted octanol–water partition coefficient (Wildman–Crippen LogP) is 4.30. The number of halogens is 1. The van der Waals surface area contributed by atoms with Crippen molar-refractivity contribution in [3.05, 3.63) is 20.8 Å². The maximum absolute atomic E-state index is 3.59. The highest BCUT2D eigenvalue weighted by Gasteiger charge is 2.14. The molecule has 0 aromatic carbocycles. The topological polar surface area (TPSA) is 12.0 Å². The maximum Gasteiger partial charge on any atom is 0.0515 e. The van der Waals surface area contributed by atoms with Crippen LogP contribution in [0.5, 0.6) is 0 Å². The predicted molar refractivity (Wildman–Crippen MR) is 76.0 cm³/mol. The molecule has 1 aromatic heterocycles. The molecule has 0 spiro atoms. The van der Waals surface area contributed by atoms with Crippen molar-refractivity contribution in [3.63, 3.8) is 0 Å². The monoisotopic (exact) mass is 307 g/mol. The summed E-state index contributed by atoms with van der Waals surface area (Å²) in [6, 6.07) is 2.59. The minimum absolute atomic E-state index is 0.471. The van der Waals surface area contributed by atoms with E-state index in [1.165, 1.54) is 15.8 Å². The lowest BCUT2D eigenvalue weighted by molar-refractivity contribution is 0.669. The highest BCUT2D eigenvalue weighted by atomic mass is 79.9. The number of nitrogens with one attached hydrogen (secondary N) is 1. The lowest BCUT2D eigenvalue weighted by atomic mass is 10.3. The lowest BCUT2D eigenvalue weighted by Crippen LogP contribution is -2.19. The average molecular weight is 308 g/mol. The van der Waals surface area contributed by atoms with Gasteiger partial charge in [-0.25, -0.2) is 0 Å². The van der Waals surface area contributed by atoms with Gasteiger partial charge in [-0.2, -0.15) is 11.8 Å². The van der Waals surface area contributed by atoms with E-state index in [1.54, 1.807) is 0 Å². The van der Waals surface area contributed by atoms with Crippen LogP contribution in [0.1, 0.15) is 31.2 Å². The molecule has 0 aliphatic rings. The number of thiophene rings is 1. The van der Waals surface area contributed by atoms with Gasteiger partial charge in [0.2, 0.25) is 0 Å². The molecule has 0 amide bonds. The fourth-order valence-corrected chi connectivity index (χ4v) is 4.18. The normalized spacial score (nSPS) is 15.2. The van der Waals surface area contributed by atoms with Crippen LogP contribution in [0.15, 0.2) is 15.9 Å². The third-order valence-electron chi connectivity index (χ3n) is 2.43. The van der Waals surface area contributed by atoms with Crippen molar-refractivity contribution >= 4 is 39.0 Å². The van der Waals surface area contributed by atoms with Gasteiger partial charge in [0.1, 0.15) is 0 Å². The fourth-order valence-electron chi connectivity index (χ4n) is 1.22. The molecular formula is C11H18BrNS2. The van der Waals surface area contributed by atoms with E-state index in [4.69, 9.17) is 0 Å². The van der Waals surface area contributed by atoms with Crippen LogP contribution in [0.3, 0.4) is 0 Å². The van der Waals surface area contributed by atoms with E-state index in [9.17, 15) is 0 Å². The summed E-state index contributed by atoms with van der Waals surface area (Å²) in [4.78, 5) is 1.41. The van der Waals surface area contributed by atoms with E-state index in [-0.39, 0.29) is 0 Å². The molecular weight excluding hydrogens is 290 g/mol. The zero-order chi connectivity index (χ0) is 11.3. The molecule has 15 heavy (non-hydrogen) atoms. The number of hydrogen-bond acceptors (Lipinski definition) is 3. The van der Waals surface area contributed by atoms with E-state index in [1.807, 2.05) is 30.1 Å². The summed E-state index contributed by atoms with van der Waals surface area (Å²) in [6.45, 7) is 4.54. The zero-order valence-corrected chi connectivity index (χ0v) is 12.6. The summed E-state index contributed by atoms with van der Waals surface area (Å²) in [5.74, 6) is 1.14. The van der Waals surface area contributed by atoms with E-state index >= 15 is 0 Å². The second-order valence-corrected chi connectivity index (χ2v) is 6.80. The number of hydrogen-bond donors (Lipinski definition) is 1. The minimum atomic E-state index is 0.471. The summed E-state index contributed by atoms with van der Waals surface area (Å²) in [5.41, 5.74) is 0. The van der Waals surface area contributed by atoms with Gasteiger partial charge in [-0.15, -0.1) is 11.3 Å². The van der Waals surface area contributed by atoms with Crippen LogP contribution in [-0.4, -0.2) is 18.1 Å². The molecule has 1 rings (SSSR count). The molecule has 0 aliphatic heterocycles. The molecule has 86 valence electrons. The molecule has 0 saturated heterocycles. The van der Waals surface area contributed by atoms with Gasteiger partial charge in [-0.3, -0.25) is 0 Å². The van der Waals surface area contributed by atoms with Gasteiger partial charge >= 0.3 is 0 Å². The Labute approximate surface area is 109 Å². The Morgan fingerprint density at radius 1 is 1.60 bits per heavy atom. The molecule has 2 atom stereocenters. The van der Waals surface area contributed by atoms with Gasteiger partial charge in [0.25, 0.3) is 0 Å². The summed E-state index contributed by atoms with van der Waals surface area (Å²) in [5, 5.41) is 6.27. The van der Waals surface area contributed by atoms with Gasteiger partial charge in [0.05, 0.1) is 6.04 Å². The van der Waals surface area contributed by atoms with Crippen molar-refractivity contribution in [1.29, 1.82) is 0 Å². The first-order valence-corrected chi connectivity index (χ1v) is 7.92. The van der Waals surface area contributed by atoms with Gasteiger partial charge in [0, 0.05) is 20.4 Å². The summed E-state index contributed by atoms with van der Waals surface area (Å²) < 4.78 is 1.23. The first-order valence-electron chi connectivity index (χ1n) is 5.20. The van der Waals surface area contributed by atoms with Crippen molar-refractivity contribution in [1.82, 2.24) is 5.32 Å². The largest absolute Gasteiger partial charge is 0.312 e. The highest BCUT2D eigenvalue weighted by Crippen LogP contribution is 2.31. The van der Waals surface area contributed by atoms with Crippen LogP contribution in [0.2, 0.25) is 0 Å². The Bertz CT molecular complexity index is 288. The van der Waals surface area contributed by atoms with Crippen LogP contribution in [0.4, 0.5) is 0 Å². The molecule has 2 unspecified atom stereocenters. The Morgan fingerprint density at radius 3 is 2.80 bits per heavy atom.